The van der Waals surface area contributed by atoms with Crippen molar-refractivity contribution in [2.24, 2.45) is 0 Å². The molecular formula is C14H25N5O. The molecule has 112 valence electrons. The lowest BCUT2D eigenvalue weighted by Gasteiger charge is -2.36. The minimum Gasteiger partial charge on any atom is -0.395 e. The van der Waals surface area contributed by atoms with Crippen molar-refractivity contribution in [3.05, 3.63) is 11.4 Å². The van der Waals surface area contributed by atoms with Crippen LogP contribution in [0.2, 0.25) is 0 Å². The van der Waals surface area contributed by atoms with Gasteiger partial charge in [-0.3, -0.25) is 14.4 Å². The Hall–Kier alpha value is -1.56. The highest BCUT2D eigenvalue weighted by molar-refractivity contribution is 5.98. The van der Waals surface area contributed by atoms with Crippen molar-refractivity contribution in [1.29, 1.82) is 0 Å². The van der Waals surface area contributed by atoms with Gasteiger partial charge in [-0.1, -0.05) is 0 Å². The minimum atomic E-state index is 0.00774. The number of rotatable bonds is 3. The molecule has 2 N–H and O–H groups in total. The monoisotopic (exact) mass is 279 g/mol. The molecule has 1 fully saturated rings. The van der Waals surface area contributed by atoms with Gasteiger partial charge in [0, 0.05) is 38.8 Å². The van der Waals surface area contributed by atoms with E-state index in [4.69, 9.17) is 5.73 Å². The van der Waals surface area contributed by atoms with E-state index in [1.807, 2.05) is 18.7 Å². The van der Waals surface area contributed by atoms with Crippen molar-refractivity contribution in [2.45, 2.75) is 40.3 Å². The number of nitrogens with zero attached hydrogens (tertiary/aromatic N) is 4. The Morgan fingerprint density at radius 2 is 1.90 bits per heavy atom. The summed E-state index contributed by atoms with van der Waals surface area (Å²) in [4.78, 5) is 16.9. The highest BCUT2D eigenvalue weighted by atomic mass is 16.2. The molecule has 1 saturated heterocycles. The molecule has 1 aromatic heterocycles. The fraction of sp³-hybridized carbons (Fsp3) is 0.714. The molecule has 1 amide bonds. The van der Waals surface area contributed by atoms with Crippen LogP contribution in [0.4, 0.5) is 5.69 Å². The van der Waals surface area contributed by atoms with E-state index in [0.29, 0.717) is 24.0 Å². The van der Waals surface area contributed by atoms with Crippen molar-refractivity contribution >= 4 is 11.6 Å². The topological polar surface area (TPSA) is 67.4 Å². The number of nitrogens with two attached hydrogens (primary N) is 1. The second kappa shape index (κ2) is 5.83. The van der Waals surface area contributed by atoms with Crippen molar-refractivity contribution < 1.29 is 4.79 Å². The maximum atomic E-state index is 12.7. The Morgan fingerprint density at radius 3 is 2.40 bits per heavy atom. The standard InChI is InChI=1S/C14H25N5O/c1-5-19-13(12(15)11(4)16-19)14(20)18-8-6-17(7-9-18)10(2)3/h10H,5-9,15H2,1-4H3. The van der Waals surface area contributed by atoms with Gasteiger partial charge in [-0.15, -0.1) is 0 Å². The van der Waals surface area contributed by atoms with Crippen LogP contribution in [-0.4, -0.2) is 57.7 Å². The fourth-order valence-electron chi connectivity index (χ4n) is 2.64. The first-order valence-electron chi connectivity index (χ1n) is 7.31. The predicted octanol–water partition coefficient (Wildman–Crippen LogP) is 0.960. The van der Waals surface area contributed by atoms with Crippen LogP contribution >= 0.6 is 0 Å². The number of carbonyl (C=O) groups excluding carboxylic acids is 1. The molecule has 20 heavy (non-hydrogen) atoms. The van der Waals surface area contributed by atoms with Gasteiger partial charge in [-0.25, -0.2) is 0 Å². The summed E-state index contributed by atoms with van der Waals surface area (Å²) in [5, 5.41) is 4.32. The summed E-state index contributed by atoms with van der Waals surface area (Å²) in [5.74, 6) is 0.00774. The van der Waals surface area contributed by atoms with E-state index in [1.165, 1.54) is 0 Å². The molecule has 1 aliphatic heterocycles. The third-order valence-electron chi connectivity index (χ3n) is 4.01. The zero-order chi connectivity index (χ0) is 14.9. The van der Waals surface area contributed by atoms with Gasteiger partial charge in [0.1, 0.15) is 5.69 Å². The van der Waals surface area contributed by atoms with Crippen LogP contribution in [0.3, 0.4) is 0 Å². The molecule has 2 rings (SSSR count). The van der Waals surface area contributed by atoms with E-state index in [1.54, 1.807) is 4.68 Å². The van der Waals surface area contributed by atoms with Gasteiger partial charge < -0.3 is 10.6 Å². The highest BCUT2D eigenvalue weighted by Crippen LogP contribution is 2.19. The number of aromatic nitrogens is 2. The summed E-state index contributed by atoms with van der Waals surface area (Å²) in [7, 11) is 0. The predicted molar refractivity (Wildman–Crippen MR) is 79.7 cm³/mol. The Bertz CT molecular complexity index is 486. The van der Waals surface area contributed by atoms with E-state index in [9.17, 15) is 4.79 Å². The first-order chi connectivity index (χ1) is 9.45. The number of amides is 1. The van der Waals surface area contributed by atoms with Gasteiger partial charge in [-0.05, 0) is 27.7 Å². The van der Waals surface area contributed by atoms with Gasteiger partial charge in [0.25, 0.3) is 5.91 Å². The highest BCUT2D eigenvalue weighted by Gasteiger charge is 2.27. The van der Waals surface area contributed by atoms with Gasteiger partial charge in [-0.2, -0.15) is 5.10 Å². The molecule has 0 saturated carbocycles. The van der Waals surface area contributed by atoms with Crippen molar-refractivity contribution in [2.75, 3.05) is 31.9 Å². The van der Waals surface area contributed by atoms with Crippen LogP contribution in [0.5, 0.6) is 0 Å². The van der Waals surface area contributed by atoms with Crippen LogP contribution in [0.1, 0.15) is 37.0 Å². The number of nitrogen functional groups attached to an aromatic ring is 1. The maximum Gasteiger partial charge on any atom is 0.274 e. The molecule has 0 unspecified atom stereocenters. The molecule has 0 radical (unpaired) electrons. The first-order valence-corrected chi connectivity index (χ1v) is 7.31. The zero-order valence-electron chi connectivity index (χ0n) is 12.9. The smallest absolute Gasteiger partial charge is 0.274 e. The van der Waals surface area contributed by atoms with Gasteiger partial charge in [0.15, 0.2) is 0 Å². The molecule has 2 heterocycles. The summed E-state index contributed by atoms with van der Waals surface area (Å²) in [6.07, 6.45) is 0. The molecule has 0 bridgehead atoms. The Balaban J connectivity index is 2.13. The Morgan fingerprint density at radius 1 is 1.30 bits per heavy atom. The summed E-state index contributed by atoms with van der Waals surface area (Å²) in [6, 6.07) is 0.528. The molecular weight excluding hydrogens is 254 g/mol. The number of hydrogen-bond acceptors (Lipinski definition) is 4. The summed E-state index contributed by atoms with van der Waals surface area (Å²) >= 11 is 0. The molecule has 1 aromatic rings. The van der Waals surface area contributed by atoms with Gasteiger partial charge >= 0.3 is 0 Å². The third kappa shape index (κ3) is 2.65. The van der Waals surface area contributed by atoms with Crippen LogP contribution in [0.15, 0.2) is 0 Å². The number of anilines is 1. The zero-order valence-corrected chi connectivity index (χ0v) is 12.9. The Kier molecular flexibility index (Phi) is 4.32. The number of aryl methyl sites for hydroxylation is 2. The number of piperazine rings is 1. The quantitative estimate of drug-likeness (QED) is 0.895. The molecule has 1 aliphatic rings. The van der Waals surface area contributed by atoms with Crippen LogP contribution in [0.25, 0.3) is 0 Å². The van der Waals surface area contributed by atoms with E-state index in [2.05, 4.69) is 23.8 Å². The molecule has 0 aromatic carbocycles. The number of hydrogen-bond donors (Lipinski definition) is 1. The molecule has 6 nitrogen and oxygen atoms in total. The van der Waals surface area contributed by atoms with Crippen molar-refractivity contribution in [3.63, 3.8) is 0 Å². The summed E-state index contributed by atoms with van der Waals surface area (Å²) < 4.78 is 1.71. The lowest BCUT2D eigenvalue weighted by Crippen LogP contribution is -2.51. The average Bonchev–Trinajstić information content (AvgIpc) is 2.73. The molecule has 6 heteroatoms. The molecule has 0 atom stereocenters. The number of carbonyl (C=O) groups is 1. The van der Waals surface area contributed by atoms with Crippen molar-refractivity contribution in [3.8, 4) is 0 Å². The summed E-state index contributed by atoms with van der Waals surface area (Å²) in [5.41, 5.74) is 7.81. The lowest BCUT2D eigenvalue weighted by molar-refractivity contribution is 0.0585. The van der Waals surface area contributed by atoms with E-state index in [0.717, 1.165) is 31.9 Å². The van der Waals surface area contributed by atoms with Crippen LogP contribution in [0, 0.1) is 6.92 Å². The fourth-order valence-corrected chi connectivity index (χ4v) is 2.64. The largest absolute Gasteiger partial charge is 0.395 e. The van der Waals surface area contributed by atoms with Crippen molar-refractivity contribution in [1.82, 2.24) is 19.6 Å². The van der Waals surface area contributed by atoms with Crippen LogP contribution in [-0.2, 0) is 6.54 Å². The first kappa shape index (κ1) is 14.8. The van der Waals surface area contributed by atoms with E-state index in [-0.39, 0.29) is 5.91 Å². The van der Waals surface area contributed by atoms with E-state index < -0.39 is 0 Å². The van der Waals surface area contributed by atoms with Gasteiger partial charge in [0.2, 0.25) is 0 Å². The normalized spacial score (nSPS) is 16.9. The van der Waals surface area contributed by atoms with E-state index >= 15 is 0 Å². The second-order valence-corrected chi connectivity index (χ2v) is 5.59. The minimum absolute atomic E-state index is 0.00774. The molecule has 0 spiro atoms. The van der Waals surface area contributed by atoms with Crippen LogP contribution < -0.4 is 5.73 Å². The maximum absolute atomic E-state index is 12.7. The average molecular weight is 279 g/mol. The SMILES string of the molecule is CCn1nc(C)c(N)c1C(=O)N1CCN(C(C)C)CC1. The second-order valence-electron chi connectivity index (χ2n) is 5.59. The lowest BCUT2D eigenvalue weighted by atomic mass is 10.2. The van der Waals surface area contributed by atoms with Gasteiger partial charge in [0.05, 0.1) is 11.4 Å². The third-order valence-corrected chi connectivity index (χ3v) is 4.01. The molecule has 0 aliphatic carbocycles. The Labute approximate surface area is 120 Å². The summed E-state index contributed by atoms with van der Waals surface area (Å²) in [6.45, 7) is 12.2.